The molecule has 44 heavy (non-hydrogen) atoms. The van der Waals surface area contributed by atoms with Crippen LogP contribution in [0, 0.1) is 0 Å². The summed E-state index contributed by atoms with van der Waals surface area (Å²) in [6, 6.07) is 52.7. The van der Waals surface area contributed by atoms with Crippen LogP contribution in [0.25, 0.3) is 83.3 Å². The molecule has 0 N–H and O–H groups in total. The summed E-state index contributed by atoms with van der Waals surface area (Å²) in [5.41, 5.74) is 10.0. The van der Waals surface area contributed by atoms with Crippen molar-refractivity contribution in [2.75, 3.05) is 0 Å². The molecule has 0 radical (unpaired) electrons. The number of fused-ring (bicyclic) bond motifs is 6. The topological polar surface area (TPSA) is 43.9 Å². The van der Waals surface area contributed by atoms with Gasteiger partial charge in [-0.1, -0.05) is 109 Å². The van der Waals surface area contributed by atoms with Gasteiger partial charge in [0.1, 0.15) is 5.58 Å². The summed E-state index contributed by atoms with van der Waals surface area (Å²) in [5.74, 6) is 0.639. The lowest BCUT2D eigenvalue weighted by Gasteiger charge is -2.11. The molecule has 4 nitrogen and oxygen atoms in total. The summed E-state index contributed by atoms with van der Waals surface area (Å²) in [7, 11) is 0. The summed E-state index contributed by atoms with van der Waals surface area (Å²) >= 11 is 0. The Morgan fingerprint density at radius 3 is 1.98 bits per heavy atom. The fourth-order valence-corrected chi connectivity index (χ4v) is 6.40. The highest BCUT2D eigenvalue weighted by Crippen LogP contribution is 2.38. The lowest BCUT2D eigenvalue weighted by Crippen LogP contribution is -1.95. The first-order chi connectivity index (χ1) is 21.8. The van der Waals surface area contributed by atoms with Crippen LogP contribution in [-0.2, 0) is 0 Å². The zero-order valence-electron chi connectivity index (χ0n) is 23.7. The Bertz CT molecular complexity index is 2490. The molecular weight excluding hydrogens is 538 g/mol. The van der Waals surface area contributed by atoms with E-state index in [2.05, 4.69) is 120 Å². The molecule has 0 unspecified atom stereocenters. The summed E-state index contributed by atoms with van der Waals surface area (Å²) in [6.07, 6.45) is 0. The van der Waals surface area contributed by atoms with Gasteiger partial charge in [-0.3, -0.25) is 0 Å². The van der Waals surface area contributed by atoms with Gasteiger partial charge in [-0.15, -0.1) is 0 Å². The van der Waals surface area contributed by atoms with Gasteiger partial charge < -0.3 is 8.98 Å². The largest absolute Gasteiger partial charge is 0.438 e. The maximum Gasteiger partial charge on any atom is 0.231 e. The van der Waals surface area contributed by atoms with Crippen LogP contribution in [0.3, 0.4) is 0 Å². The second kappa shape index (κ2) is 9.79. The molecule has 9 rings (SSSR count). The number of furan rings is 1. The molecule has 4 heteroatoms. The Hall–Kier alpha value is -6.00. The van der Waals surface area contributed by atoms with E-state index in [9.17, 15) is 0 Å². The lowest BCUT2D eigenvalue weighted by atomic mass is 10.0. The monoisotopic (exact) mass is 563 g/mol. The van der Waals surface area contributed by atoms with Gasteiger partial charge in [0.05, 0.1) is 22.1 Å². The van der Waals surface area contributed by atoms with Crippen LogP contribution in [0.15, 0.2) is 156 Å². The fraction of sp³-hybridized carbons (Fsp3) is 0. The number of aromatic nitrogens is 3. The predicted molar refractivity (Wildman–Crippen MR) is 180 cm³/mol. The minimum Gasteiger partial charge on any atom is -0.438 e. The molecule has 0 fully saturated rings. The van der Waals surface area contributed by atoms with Crippen molar-refractivity contribution in [2.45, 2.75) is 0 Å². The first-order valence-corrected chi connectivity index (χ1v) is 14.8. The number of nitrogens with zero attached hydrogens (tertiary/aromatic N) is 3. The van der Waals surface area contributed by atoms with E-state index in [-0.39, 0.29) is 0 Å². The van der Waals surface area contributed by atoms with Crippen molar-refractivity contribution in [2.24, 2.45) is 0 Å². The molecule has 0 atom stereocenters. The fourth-order valence-electron chi connectivity index (χ4n) is 6.40. The Morgan fingerprint density at radius 2 is 1.14 bits per heavy atom. The molecule has 0 spiro atoms. The predicted octanol–water partition coefficient (Wildman–Crippen LogP) is 10.5. The smallest absolute Gasteiger partial charge is 0.231 e. The number of hydrogen-bond donors (Lipinski definition) is 0. The van der Waals surface area contributed by atoms with E-state index < -0.39 is 0 Å². The van der Waals surface area contributed by atoms with Gasteiger partial charge in [-0.25, -0.2) is 4.98 Å². The van der Waals surface area contributed by atoms with E-state index >= 15 is 0 Å². The molecule has 0 saturated carbocycles. The molecule has 0 aliphatic carbocycles. The Morgan fingerprint density at radius 1 is 0.455 bits per heavy atom. The third kappa shape index (κ3) is 3.85. The maximum atomic E-state index is 6.29. The van der Waals surface area contributed by atoms with Crippen LogP contribution in [0.5, 0.6) is 0 Å². The standard InChI is InChI=1S/C40H25N3O/c1-3-12-26(13-4-1)28-16-11-17-30(24-28)43-34-20-9-7-18-31(34)33-25-29(22-23-35(33)43)39-41-38(27-14-5-2-6-15-27)37-32-19-8-10-21-36(32)44-40(37)42-39/h1-25H. The number of hydrogen-bond acceptors (Lipinski definition) is 3. The average Bonchev–Trinajstić information content (AvgIpc) is 3.64. The molecular formula is C40H25N3O. The molecule has 6 aromatic carbocycles. The molecule has 0 aliphatic heterocycles. The zero-order valence-corrected chi connectivity index (χ0v) is 23.7. The van der Waals surface area contributed by atoms with Crippen molar-refractivity contribution in [1.29, 1.82) is 0 Å². The third-order valence-electron chi connectivity index (χ3n) is 8.43. The normalized spacial score (nSPS) is 11.6. The van der Waals surface area contributed by atoms with Crippen LogP contribution >= 0.6 is 0 Å². The first kappa shape index (κ1) is 24.6. The van der Waals surface area contributed by atoms with E-state index in [1.807, 2.05) is 36.4 Å². The second-order valence-electron chi connectivity index (χ2n) is 11.0. The second-order valence-corrected chi connectivity index (χ2v) is 11.0. The van der Waals surface area contributed by atoms with Crippen LogP contribution in [0.1, 0.15) is 0 Å². The Kier molecular flexibility index (Phi) is 5.47. The molecule has 0 saturated heterocycles. The van der Waals surface area contributed by atoms with Crippen LogP contribution in [0.2, 0.25) is 0 Å². The van der Waals surface area contributed by atoms with Crippen molar-refractivity contribution in [1.82, 2.24) is 14.5 Å². The Balaban J connectivity index is 1.27. The SMILES string of the molecule is c1ccc(-c2cccc(-n3c4ccccc4c4cc(-c5nc(-c6ccccc6)c6c(n5)oc5ccccc56)ccc43)c2)cc1. The van der Waals surface area contributed by atoms with Gasteiger partial charge in [0.2, 0.25) is 5.71 Å². The van der Waals surface area contributed by atoms with E-state index in [1.54, 1.807) is 0 Å². The van der Waals surface area contributed by atoms with E-state index in [0.29, 0.717) is 11.5 Å². The molecule has 0 bridgehead atoms. The van der Waals surface area contributed by atoms with E-state index in [0.717, 1.165) is 55.3 Å². The molecule has 3 aromatic heterocycles. The van der Waals surface area contributed by atoms with Crippen LogP contribution in [-0.4, -0.2) is 14.5 Å². The highest BCUT2D eigenvalue weighted by Gasteiger charge is 2.19. The maximum absolute atomic E-state index is 6.29. The summed E-state index contributed by atoms with van der Waals surface area (Å²) in [4.78, 5) is 10.2. The van der Waals surface area contributed by atoms with Crippen molar-refractivity contribution in [3.05, 3.63) is 152 Å². The van der Waals surface area contributed by atoms with E-state index in [4.69, 9.17) is 14.4 Å². The molecule has 206 valence electrons. The van der Waals surface area contributed by atoms with Gasteiger partial charge in [-0.05, 0) is 53.6 Å². The Labute approximate surface area is 253 Å². The van der Waals surface area contributed by atoms with Crippen LogP contribution in [0.4, 0.5) is 0 Å². The quantitative estimate of drug-likeness (QED) is 0.214. The summed E-state index contributed by atoms with van der Waals surface area (Å²) in [5, 5.41) is 4.29. The highest BCUT2D eigenvalue weighted by molar-refractivity contribution is 6.12. The highest BCUT2D eigenvalue weighted by atomic mass is 16.3. The van der Waals surface area contributed by atoms with E-state index in [1.165, 1.54) is 16.5 Å². The number of benzene rings is 6. The number of rotatable bonds is 4. The van der Waals surface area contributed by atoms with Gasteiger partial charge in [0, 0.05) is 33.0 Å². The third-order valence-corrected chi connectivity index (χ3v) is 8.43. The lowest BCUT2D eigenvalue weighted by molar-refractivity contribution is 0.653. The molecule has 3 heterocycles. The van der Waals surface area contributed by atoms with Gasteiger partial charge in [-0.2, -0.15) is 4.98 Å². The number of para-hydroxylation sites is 2. The van der Waals surface area contributed by atoms with Gasteiger partial charge >= 0.3 is 0 Å². The molecule has 9 aromatic rings. The van der Waals surface area contributed by atoms with Gasteiger partial charge in [0.15, 0.2) is 5.82 Å². The summed E-state index contributed by atoms with van der Waals surface area (Å²) < 4.78 is 8.64. The first-order valence-electron chi connectivity index (χ1n) is 14.8. The zero-order chi connectivity index (χ0) is 29.0. The average molecular weight is 564 g/mol. The van der Waals surface area contributed by atoms with Crippen molar-refractivity contribution < 1.29 is 4.42 Å². The van der Waals surface area contributed by atoms with Crippen molar-refractivity contribution >= 4 is 43.9 Å². The van der Waals surface area contributed by atoms with Crippen molar-refractivity contribution in [3.63, 3.8) is 0 Å². The summed E-state index contributed by atoms with van der Waals surface area (Å²) in [6.45, 7) is 0. The molecule has 0 amide bonds. The molecule has 0 aliphatic rings. The van der Waals surface area contributed by atoms with Crippen LogP contribution < -0.4 is 0 Å². The van der Waals surface area contributed by atoms with Crippen molar-refractivity contribution in [3.8, 4) is 39.5 Å². The minimum absolute atomic E-state index is 0.593. The minimum atomic E-state index is 0.593. The van der Waals surface area contributed by atoms with Gasteiger partial charge in [0.25, 0.3) is 0 Å².